The van der Waals surface area contributed by atoms with Crippen LogP contribution in [0.1, 0.15) is 26.1 Å². The summed E-state index contributed by atoms with van der Waals surface area (Å²) in [7, 11) is 0. The Labute approximate surface area is 160 Å². The van der Waals surface area contributed by atoms with Crippen molar-refractivity contribution in [3.63, 3.8) is 0 Å². The average Bonchev–Trinajstić information content (AvgIpc) is 3.27. The van der Waals surface area contributed by atoms with Gasteiger partial charge in [-0.25, -0.2) is 9.97 Å². The molecule has 0 saturated carbocycles. The molecule has 0 radical (unpaired) electrons. The molecule has 1 amide bonds. The lowest BCUT2D eigenvalue weighted by Gasteiger charge is -2.38. The Bertz CT molecular complexity index is 808. The van der Waals surface area contributed by atoms with Crippen molar-refractivity contribution < 1.29 is 4.79 Å². The van der Waals surface area contributed by atoms with E-state index >= 15 is 0 Å². The Morgan fingerprint density at radius 1 is 1.07 bits per heavy atom. The van der Waals surface area contributed by atoms with Crippen LogP contribution in [0, 0.1) is 6.92 Å². The molecule has 2 aliphatic heterocycles. The number of carbonyl (C=O) groups excluding carboxylic acids is 1. The Hall–Kier alpha value is -2.41. The molecule has 2 aromatic heterocycles. The number of likely N-dealkylation sites (tertiary alicyclic amines) is 1. The molecule has 4 heterocycles. The van der Waals surface area contributed by atoms with E-state index in [4.69, 9.17) is 4.98 Å². The fraction of sp³-hybridized carbons (Fsp3) is 0.550. The smallest absolute Gasteiger partial charge is 0.240 e. The maximum absolute atomic E-state index is 12.7. The van der Waals surface area contributed by atoms with Crippen molar-refractivity contribution in [1.82, 2.24) is 24.3 Å². The number of carbonyl (C=O) groups is 1. The van der Waals surface area contributed by atoms with Crippen molar-refractivity contribution >= 4 is 11.7 Å². The highest BCUT2D eigenvalue weighted by molar-refractivity contribution is 5.84. The van der Waals surface area contributed by atoms with Crippen LogP contribution in [0.5, 0.6) is 0 Å². The highest BCUT2D eigenvalue weighted by Gasteiger charge is 2.38. The van der Waals surface area contributed by atoms with Gasteiger partial charge in [-0.1, -0.05) is 6.07 Å². The molecule has 2 saturated heterocycles. The number of hydrogen-bond donors (Lipinski definition) is 0. The summed E-state index contributed by atoms with van der Waals surface area (Å²) in [4.78, 5) is 28.4. The van der Waals surface area contributed by atoms with E-state index < -0.39 is 0 Å². The van der Waals surface area contributed by atoms with E-state index in [2.05, 4.69) is 34.7 Å². The fourth-order valence-electron chi connectivity index (χ4n) is 4.14. The quantitative estimate of drug-likeness (QED) is 0.822. The minimum atomic E-state index is 0.0578. The Balaban J connectivity index is 1.42. The van der Waals surface area contributed by atoms with Crippen LogP contribution in [0.15, 0.2) is 30.6 Å². The third-order valence-electron chi connectivity index (χ3n) is 5.71. The van der Waals surface area contributed by atoms with Crippen molar-refractivity contribution in [2.45, 2.75) is 39.3 Å². The first-order valence-corrected chi connectivity index (χ1v) is 9.81. The number of hydrogen-bond acceptors (Lipinski definition) is 5. The molecule has 144 valence electrons. The van der Waals surface area contributed by atoms with E-state index in [0.29, 0.717) is 11.9 Å². The highest BCUT2D eigenvalue weighted by atomic mass is 16.2. The average molecular weight is 368 g/mol. The van der Waals surface area contributed by atoms with Crippen LogP contribution in [0.3, 0.4) is 0 Å². The third-order valence-corrected chi connectivity index (χ3v) is 5.71. The summed E-state index contributed by atoms with van der Waals surface area (Å²) in [5, 5.41) is 0. The van der Waals surface area contributed by atoms with Crippen molar-refractivity contribution in [2.24, 2.45) is 0 Å². The summed E-state index contributed by atoms with van der Waals surface area (Å²) in [5.41, 5.74) is 0. The number of anilines is 1. The van der Waals surface area contributed by atoms with Gasteiger partial charge in [0.15, 0.2) is 0 Å². The summed E-state index contributed by atoms with van der Waals surface area (Å²) in [5.74, 6) is 3.11. The van der Waals surface area contributed by atoms with Gasteiger partial charge < -0.3 is 9.80 Å². The van der Waals surface area contributed by atoms with E-state index in [1.54, 1.807) is 6.20 Å². The predicted molar refractivity (Wildman–Crippen MR) is 105 cm³/mol. The molecule has 0 bridgehead atoms. The van der Waals surface area contributed by atoms with Gasteiger partial charge in [0.2, 0.25) is 5.91 Å². The molecule has 1 atom stereocenters. The molecular formula is C20H28N6O. The number of aromatic nitrogens is 3. The van der Waals surface area contributed by atoms with E-state index in [1.807, 2.05) is 34.7 Å². The van der Waals surface area contributed by atoms with Crippen LogP contribution in [-0.2, 0) is 4.79 Å². The van der Waals surface area contributed by atoms with Crippen molar-refractivity contribution in [1.29, 1.82) is 0 Å². The Morgan fingerprint density at radius 3 is 2.44 bits per heavy atom. The largest absolute Gasteiger partial charge is 0.354 e. The SMILES string of the molecule is Cc1nccn1-c1cccc(N2CCN(C3CCN(C(C)C)C3=O)CC2)n1. The topological polar surface area (TPSA) is 57.5 Å². The van der Waals surface area contributed by atoms with Gasteiger partial charge in [-0.05, 0) is 39.3 Å². The molecule has 0 N–H and O–H groups in total. The molecule has 27 heavy (non-hydrogen) atoms. The summed E-state index contributed by atoms with van der Waals surface area (Å²) >= 11 is 0. The molecule has 1 unspecified atom stereocenters. The van der Waals surface area contributed by atoms with Gasteiger partial charge in [0.25, 0.3) is 0 Å². The Kier molecular flexibility index (Phi) is 4.86. The number of amides is 1. The maximum atomic E-state index is 12.7. The van der Waals surface area contributed by atoms with Crippen LogP contribution in [-0.4, -0.2) is 75.0 Å². The van der Waals surface area contributed by atoms with Crippen molar-refractivity contribution in [3.8, 4) is 5.82 Å². The number of aryl methyl sites for hydroxylation is 1. The monoisotopic (exact) mass is 368 g/mol. The molecule has 0 aliphatic carbocycles. The molecule has 7 heteroatoms. The first kappa shape index (κ1) is 18.0. The molecule has 7 nitrogen and oxygen atoms in total. The zero-order chi connectivity index (χ0) is 19.0. The molecule has 4 rings (SSSR count). The van der Waals surface area contributed by atoms with E-state index in [9.17, 15) is 4.79 Å². The number of nitrogens with zero attached hydrogens (tertiary/aromatic N) is 6. The minimum Gasteiger partial charge on any atom is -0.354 e. The van der Waals surface area contributed by atoms with Crippen LogP contribution >= 0.6 is 0 Å². The number of piperazine rings is 1. The van der Waals surface area contributed by atoms with Gasteiger partial charge in [0, 0.05) is 51.2 Å². The van der Waals surface area contributed by atoms with E-state index in [-0.39, 0.29) is 6.04 Å². The zero-order valence-electron chi connectivity index (χ0n) is 16.4. The second-order valence-corrected chi connectivity index (χ2v) is 7.65. The molecule has 2 fully saturated rings. The lowest BCUT2D eigenvalue weighted by molar-refractivity contribution is -0.133. The maximum Gasteiger partial charge on any atom is 0.240 e. The normalized spacial score (nSPS) is 21.5. The first-order valence-electron chi connectivity index (χ1n) is 9.81. The van der Waals surface area contributed by atoms with Crippen LogP contribution in [0.2, 0.25) is 0 Å². The van der Waals surface area contributed by atoms with E-state index in [1.165, 1.54) is 0 Å². The fourth-order valence-corrected chi connectivity index (χ4v) is 4.14. The summed E-state index contributed by atoms with van der Waals surface area (Å²) in [6, 6.07) is 6.47. The minimum absolute atomic E-state index is 0.0578. The summed E-state index contributed by atoms with van der Waals surface area (Å²) < 4.78 is 2.00. The third kappa shape index (κ3) is 3.43. The number of imidazole rings is 1. The molecule has 2 aliphatic rings. The lowest BCUT2D eigenvalue weighted by atomic mass is 10.1. The zero-order valence-corrected chi connectivity index (χ0v) is 16.4. The number of pyridine rings is 1. The molecule has 2 aromatic rings. The van der Waals surface area contributed by atoms with Crippen LogP contribution in [0.25, 0.3) is 5.82 Å². The van der Waals surface area contributed by atoms with Gasteiger partial charge in [-0.3, -0.25) is 14.3 Å². The lowest BCUT2D eigenvalue weighted by Crippen LogP contribution is -2.53. The first-order chi connectivity index (χ1) is 13.0. The van der Waals surface area contributed by atoms with Gasteiger partial charge in [0.05, 0.1) is 6.04 Å². The van der Waals surface area contributed by atoms with Gasteiger partial charge in [0.1, 0.15) is 17.5 Å². The molecular weight excluding hydrogens is 340 g/mol. The van der Waals surface area contributed by atoms with Gasteiger partial charge in [-0.2, -0.15) is 0 Å². The number of rotatable bonds is 4. The van der Waals surface area contributed by atoms with Crippen molar-refractivity contribution in [3.05, 3.63) is 36.4 Å². The predicted octanol–water partition coefficient (Wildman–Crippen LogP) is 1.71. The molecule has 0 spiro atoms. The van der Waals surface area contributed by atoms with E-state index in [0.717, 1.165) is 56.6 Å². The summed E-state index contributed by atoms with van der Waals surface area (Å²) in [6.07, 6.45) is 4.68. The highest BCUT2D eigenvalue weighted by Crippen LogP contribution is 2.23. The summed E-state index contributed by atoms with van der Waals surface area (Å²) in [6.45, 7) is 10.6. The Morgan fingerprint density at radius 2 is 1.81 bits per heavy atom. The van der Waals surface area contributed by atoms with Crippen LogP contribution < -0.4 is 4.90 Å². The second kappa shape index (κ2) is 7.31. The molecule has 0 aromatic carbocycles. The van der Waals surface area contributed by atoms with Gasteiger partial charge >= 0.3 is 0 Å². The standard InChI is InChI=1S/C20H28N6O/c1-15(2)25-9-7-17(20(25)27)23-11-13-24(14-12-23)18-5-4-6-19(22-18)26-10-8-21-16(26)3/h4-6,8,10,15,17H,7,9,11-14H2,1-3H3. The second-order valence-electron chi connectivity index (χ2n) is 7.65. The van der Waals surface area contributed by atoms with Gasteiger partial charge in [-0.15, -0.1) is 0 Å². The van der Waals surface area contributed by atoms with Crippen molar-refractivity contribution in [2.75, 3.05) is 37.6 Å². The van der Waals surface area contributed by atoms with Crippen LogP contribution in [0.4, 0.5) is 5.82 Å².